The first-order chi connectivity index (χ1) is 8.13. The highest BCUT2D eigenvalue weighted by molar-refractivity contribution is 6.31. The van der Waals surface area contributed by atoms with E-state index in [0.29, 0.717) is 31.2 Å². The maximum absolute atomic E-state index is 11.6. The van der Waals surface area contributed by atoms with Gasteiger partial charge in [0.1, 0.15) is 0 Å². The Morgan fingerprint density at radius 1 is 1.47 bits per heavy atom. The number of rotatable bonds is 6. The van der Waals surface area contributed by atoms with Gasteiger partial charge in [-0.25, -0.2) is 0 Å². The Hall–Kier alpha value is -1.10. The Kier molecular flexibility index (Phi) is 5.97. The van der Waals surface area contributed by atoms with Gasteiger partial charge in [-0.15, -0.1) is 0 Å². The van der Waals surface area contributed by atoms with Crippen LogP contribution in [0.5, 0.6) is 0 Å². The van der Waals surface area contributed by atoms with E-state index in [-0.39, 0.29) is 5.91 Å². The van der Waals surface area contributed by atoms with Crippen LogP contribution in [0, 0.1) is 0 Å². The fraction of sp³-hybridized carbons (Fsp3) is 0.417. The van der Waals surface area contributed by atoms with Gasteiger partial charge in [-0.05, 0) is 18.7 Å². The van der Waals surface area contributed by atoms with Crippen molar-refractivity contribution < 1.29 is 4.79 Å². The van der Waals surface area contributed by atoms with Crippen LogP contribution in [0.15, 0.2) is 24.3 Å². The lowest BCUT2D eigenvalue weighted by Crippen LogP contribution is -2.37. The minimum atomic E-state index is -0.0270. The van der Waals surface area contributed by atoms with Crippen LogP contribution in [0.1, 0.15) is 5.56 Å². The van der Waals surface area contributed by atoms with Crippen LogP contribution in [-0.2, 0) is 11.3 Å². The average molecular weight is 256 g/mol. The van der Waals surface area contributed by atoms with Crippen LogP contribution < -0.4 is 11.1 Å². The van der Waals surface area contributed by atoms with Gasteiger partial charge < -0.3 is 11.1 Å². The summed E-state index contributed by atoms with van der Waals surface area (Å²) in [5, 5.41) is 3.49. The molecule has 0 aliphatic rings. The van der Waals surface area contributed by atoms with E-state index < -0.39 is 0 Å². The average Bonchev–Trinajstić information content (AvgIpc) is 2.28. The highest BCUT2D eigenvalue weighted by Crippen LogP contribution is 2.14. The van der Waals surface area contributed by atoms with Crippen molar-refractivity contribution in [3.05, 3.63) is 34.9 Å². The maximum atomic E-state index is 11.6. The first-order valence-electron chi connectivity index (χ1n) is 5.52. The zero-order chi connectivity index (χ0) is 12.7. The highest BCUT2D eigenvalue weighted by Gasteiger charge is 2.06. The number of carbonyl (C=O) groups is 1. The van der Waals surface area contributed by atoms with Gasteiger partial charge in [0.05, 0.1) is 6.54 Å². The van der Waals surface area contributed by atoms with Crippen molar-refractivity contribution in [2.24, 2.45) is 5.73 Å². The van der Waals surface area contributed by atoms with Crippen molar-refractivity contribution in [2.75, 3.05) is 26.7 Å². The summed E-state index contributed by atoms with van der Waals surface area (Å²) in [5.41, 5.74) is 6.32. The largest absolute Gasteiger partial charge is 0.351 e. The highest BCUT2D eigenvalue weighted by atomic mass is 35.5. The molecular formula is C12H18ClN3O. The van der Waals surface area contributed by atoms with Gasteiger partial charge in [0.2, 0.25) is 5.91 Å². The number of nitrogens with two attached hydrogens (primary N) is 1. The fourth-order valence-electron chi connectivity index (χ4n) is 1.44. The Labute approximate surface area is 107 Å². The Bertz CT molecular complexity index is 371. The number of amides is 1. The third-order valence-electron chi connectivity index (χ3n) is 2.36. The minimum absolute atomic E-state index is 0.0270. The van der Waals surface area contributed by atoms with Crippen molar-refractivity contribution in [1.29, 1.82) is 0 Å². The summed E-state index contributed by atoms with van der Waals surface area (Å²) in [7, 11) is 1.86. The van der Waals surface area contributed by atoms with Crippen molar-refractivity contribution >= 4 is 17.5 Å². The smallest absolute Gasteiger partial charge is 0.234 e. The van der Waals surface area contributed by atoms with E-state index in [0.717, 1.165) is 5.56 Å². The van der Waals surface area contributed by atoms with Gasteiger partial charge in [0.25, 0.3) is 0 Å². The predicted molar refractivity (Wildman–Crippen MR) is 69.9 cm³/mol. The molecule has 1 aromatic rings. The third kappa shape index (κ3) is 5.17. The molecule has 5 heteroatoms. The molecule has 1 aromatic carbocycles. The molecule has 0 fully saturated rings. The zero-order valence-corrected chi connectivity index (χ0v) is 10.7. The second-order valence-corrected chi connectivity index (χ2v) is 4.30. The Balaban J connectivity index is 2.36. The summed E-state index contributed by atoms with van der Waals surface area (Å²) in [4.78, 5) is 13.5. The van der Waals surface area contributed by atoms with Crippen LogP contribution in [0.4, 0.5) is 0 Å². The molecule has 0 spiro atoms. The van der Waals surface area contributed by atoms with E-state index in [9.17, 15) is 4.79 Å². The fourth-order valence-corrected chi connectivity index (χ4v) is 1.64. The lowest BCUT2D eigenvalue weighted by Gasteiger charge is -2.15. The summed E-state index contributed by atoms with van der Waals surface area (Å²) >= 11 is 5.98. The molecule has 0 unspecified atom stereocenters. The van der Waals surface area contributed by atoms with Gasteiger partial charge in [-0.2, -0.15) is 0 Å². The van der Waals surface area contributed by atoms with Gasteiger partial charge in [0, 0.05) is 24.7 Å². The quantitative estimate of drug-likeness (QED) is 0.792. The normalized spacial score (nSPS) is 10.6. The van der Waals surface area contributed by atoms with Crippen LogP contribution >= 0.6 is 11.6 Å². The number of nitrogens with zero attached hydrogens (tertiary/aromatic N) is 1. The van der Waals surface area contributed by atoms with E-state index in [4.69, 9.17) is 17.3 Å². The second kappa shape index (κ2) is 7.27. The molecule has 17 heavy (non-hydrogen) atoms. The SMILES string of the molecule is CN(CCN)CC(=O)NCc1ccccc1Cl. The van der Waals surface area contributed by atoms with Gasteiger partial charge in [-0.1, -0.05) is 29.8 Å². The molecule has 0 saturated heterocycles. The van der Waals surface area contributed by atoms with Crippen molar-refractivity contribution in [1.82, 2.24) is 10.2 Å². The monoisotopic (exact) mass is 255 g/mol. The summed E-state index contributed by atoms with van der Waals surface area (Å²) in [6.45, 7) is 2.06. The Morgan fingerprint density at radius 2 is 2.18 bits per heavy atom. The van der Waals surface area contributed by atoms with Gasteiger partial charge in [-0.3, -0.25) is 9.69 Å². The molecule has 0 heterocycles. The zero-order valence-electron chi connectivity index (χ0n) is 9.95. The number of hydrogen-bond donors (Lipinski definition) is 2. The molecule has 1 rings (SSSR count). The molecule has 1 amide bonds. The van der Waals surface area contributed by atoms with Crippen LogP contribution in [0.3, 0.4) is 0 Å². The number of benzene rings is 1. The van der Waals surface area contributed by atoms with Crippen LogP contribution in [0.2, 0.25) is 5.02 Å². The van der Waals surface area contributed by atoms with Crippen LogP contribution in [0.25, 0.3) is 0 Å². The first kappa shape index (κ1) is 14.0. The van der Waals surface area contributed by atoms with E-state index in [1.54, 1.807) is 0 Å². The van der Waals surface area contributed by atoms with Gasteiger partial charge >= 0.3 is 0 Å². The minimum Gasteiger partial charge on any atom is -0.351 e. The van der Waals surface area contributed by atoms with E-state index in [1.165, 1.54) is 0 Å². The first-order valence-corrected chi connectivity index (χ1v) is 5.90. The molecule has 94 valence electrons. The maximum Gasteiger partial charge on any atom is 0.234 e. The van der Waals surface area contributed by atoms with E-state index in [2.05, 4.69) is 5.32 Å². The summed E-state index contributed by atoms with van der Waals surface area (Å²) in [6.07, 6.45) is 0. The van der Waals surface area contributed by atoms with E-state index in [1.807, 2.05) is 36.2 Å². The number of nitrogens with one attached hydrogen (secondary N) is 1. The number of hydrogen-bond acceptors (Lipinski definition) is 3. The van der Waals surface area contributed by atoms with Crippen molar-refractivity contribution in [2.45, 2.75) is 6.54 Å². The molecule has 3 N–H and O–H groups in total. The lowest BCUT2D eigenvalue weighted by molar-refractivity contribution is -0.122. The summed E-state index contributed by atoms with van der Waals surface area (Å²) in [5.74, 6) is -0.0270. The molecule has 0 bridgehead atoms. The lowest BCUT2D eigenvalue weighted by atomic mass is 10.2. The van der Waals surface area contributed by atoms with Crippen molar-refractivity contribution in [3.63, 3.8) is 0 Å². The molecular weight excluding hydrogens is 238 g/mol. The molecule has 4 nitrogen and oxygen atoms in total. The number of carbonyl (C=O) groups excluding carboxylic acids is 1. The molecule has 0 saturated carbocycles. The van der Waals surface area contributed by atoms with E-state index >= 15 is 0 Å². The van der Waals surface area contributed by atoms with Gasteiger partial charge in [0.15, 0.2) is 0 Å². The van der Waals surface area contributed by atoms with Crippen LogP contribution in [-0.4, -0.2) is 37.5 Å². The summed E-state index contributed by atoms with van der Waals surface area (Å²) in [6, 6.07) is 7.46. The molecule has 0 aliphatic heterocycles. The summed E-state index contributed by atoms with van der Waals surface area (Å²) < 4.78 is 0. The molecule has 0 atom stereocenters. The number of likely N-dealkylation sites (N-methyl/N-ethyl adjacent to an activating group) is 1. The van der Waals surface area contributed by atoms with Crippen molar-refractivity contribution in [3.8, 4) is 0 Å². The number of halogens is 1. The third-order valence-corrected chi connectivity index (χ3v) is 2.73. The Morgan fingerprint density at radius 3 is 2.82 bits per heavy atom. The predicted octanol–water partition coefficient (Wildman–Crippen LogP) is 0.847. The second-order valence-electron chi connectivity index (χ2n) is 3.89. The standard InChI is InChI=1S/C12H18ClN3O/c1-16(7-6-14)9-12(17)15-8-10-4-2-3-5-11(10)13/h2-5H,6-9,14H2,1H3,(H,15,17). The molecule has 0 radical (unpaired) electrons. The topological polar surface area (TPSA) is 58.4 Å². The molecule has 0 aromatic heterocycles. The molecule has 0 aliphatic carbocycles.